The van der Waals surface area contributed by atoms with Crippen LogP contribution in [0.1, 0.15) is 27.9 Å². The summed E-state index contributed by atoms with van der Waals surface area (Å²) < 4.78 is 27.7. The second-order valence-electron chi connectivity index (χ2n) is 8.24. The van der Waals surface area contributed by atoms with Gasteiger partial charge in [0.15, 0.2) is 0 Å². The first kappa shape index (κ1) is 23.3. The van der Waals surface area contributed by atoms with Gasteiger partial charge in [0.25, 0.3) is 15.9 Å². The van der Waals surface area contributed by atoms with E-state index in [1.54, 1.807) is 60.7 Å². The lowest BCUT2D eigenvalue weighted by atomic mass is 10.2. The third-order valence-corrected chi connectivity index (χ3v) is 7.31. The molecule has 2 N–H and O–H groups in total. The van der Waals surface area contributed by atoms with Crippen molar-refractivity contribution < 1.29 is 13.2 Å². The summed E-state index contributed by atoms with van der Waals surface area (Å²) in [6, 6.07) is 21.3. The molecule has 1 fully saturated rings. The monoisotopic (exact) mass is 483 g/mol. The number of rotatable bonds is 7. The summed E-state index contributed by atoms with van der Waals surface area (Å²) in [7, 11) is -3.62. The molecule has 1 saturated heterocycles. The maximum atomic E-state index is 12.7. The lowest BCUT2D eigenvalue weighted by Crippen LogP contribution is -2.34. The first-order valence-electron chi connectivity index (χ1n) is 10.8. The SMILES string of the molecule is Cc1ccc(S(=O)(=O)Nc2ccc(CN[C@H]3CCN(C(=O)c4cccc(Cl)c4)C3)cc2)cc1. The molecule has 3 aromatic carbocycles. The molecule has 0 aliphatic carbocycles. The van der Waals surface area contributed by atoms with Gasteiger partial charge in [-0.2, -0.15) is 0 Å². The van der Waals surface area contributed by atoms with Gasteiger partial charge in [-0.15, -0.1) is 0 Å². The second kappa shape index (κ2) is 9.95. The van der Waals surface area contributed by atoms with Crippen LogP contribution < -0.4 is 10.0 Å². The van der Waals surface area contributed by atoms with Crippen molar-refractivity contribution >= 4 is 33.2 Å². The highest BCUT2D eigenvalue weighted by Gasteiger charge is 2.26. The van der Waals surface area contributed by atoms with Crippen LogP contribution in [-0.2, 0) is 16.6 Å². The fourth-order valence-corrected chi connectivity index (χ4v) is 5.05. The van der Waals surface area contributed by atoms with Crippen LogP contribution in [-0.4, -0.2) is 38.4 Å². The number of anilines is 1. The van der Waals surface area contributed by atoms with Crippen LogP contribution in [0.4, 0.5) is 5.69 Å². The molecule has 3 aromatic rings. The number of aryl methyl sites for hydroxylation is 1. The first-order chi connectivity index (χ1) is 15.8. The van der Waals surface area contributed by atoms with Crippen LogP contribution in [0, 0.1) is 6.92 Å². The van der Waals surface area contributed by atoms with E-state index in [-0.39, 0.29) is 16.8 Å². The maximum absolute atomic E-state index is 12.7. The molecule has 1 aliphatic heterocycles. The molecule has 6 nitrogen and oxygen atoms in total. The van der Waals surface area contributed by atoms with Gasteiger partial charge < -0.3 is 10.2 Å². The minimum Gasteiger partial charge on any atom is -0.337 e. The quantitative estimate of drug-likeness (QED) is 0.520. The fraction of sp³-hybridized carbons (Fsp3) is 0.240. The molecule has 0 radical (unpaired) electrons. The Hall–Kier alpha value is -2.87. The van der Waals surface area contributed by atoms with Gasteiger partial charge in [0.2, 0.25) is 0 Å². The summed E-state index contributed by atoms with van der Waals surface area (Å²) in [5, 5.41) is 4.04. The number of carbonyl (C=O) groups is 1. The van der Waals surface area contributed by atoms with E-state index in [4.69, 9.17) is 11.6 Å². The van der Waals surface area contributed by atoms with Crippen molar-refractivity contribution in [2.75, 3.05) is 17.8 Å². The molecule has 1 aliphatic rings. The summed E-state index contributed by atoms with van der Waals surface area (Å²) in [6.07, 6.45) is 0.876. The highest BCUT2D eigenvalue weighted by atomic mass is 35.5. The summed E-state index contributed by atoms with van der Waals surface area (Å²) in [6.45, 7) is 3.88. The van der Waals surface area contributed by atoms with Crippen molar-refractivity contribution in [3.8, 4) is 0 Å². The average Bonchev–Trinajstić information content (AvgIpc) is 3.27. The van der Waals surface area contributed by atoms with Crippen LogP contribution in [0.5, 0.6) is 0 Å². The van der Waals surface area contributed by atoms with Crippen molar-refractivity contribution in [1.82, 2.24) is 10.2 Å². The van der Waals surface area contributed by atoms with Crippen molar-refractivity contribution in [3.63, 3.8) is 0 Å². The zero-order chi connectivity index (χ0) is 23.4. The minimum atomic E-state index is -3.62. The number of hydrogen-bond donors (Lipinski definition) is 2. The number of hydrogen-bond acceptors (Lipinski definition) is 4. The zero-order valence-electron chi connectivity index (χ0n) is 18.3. The molecule has 172 valence electrons. The van der Waals surface area contributed by atoms with E-state index in [0.717, 1.165) is 17.5 Å². The lowest BCUT2D eigenvalue weighted by Gasteiger charge is -2.17. The number of sulfonamides is 1. The summed E-state index contributed by atoms with van der Waals surface area (Å²) in [5.41, 5.74) is 3.16. The molecule has 4 rings (SSSR count). The molecular formula is C25H26ClN3O3S. The molecule has 1 atom stereocenters. The first-order valence-corrected chi connectivity index (χ1v) is 12.6. The lowest BCUT2D eigenvalue weighted by molar-refractivity contribution is 0.0789. The Kier molecular flexibility index (Phi) is 7.02. The van der Waals surface area contributed by atoms with Gasteiger partial charge in [0.1, 0.15) is 0 Å². The zero-order valence-corrected chi connectivity index (χ0v) is 19.9. The number of likely N-dealkylation sites (tertiary alicyclic amines) is 1. The summed E-state index contributed by atoms with van der Waals surface area (Å²) in [4.78, 5) is 14.7. The Balaban J connectivity index is 1.29. The van der Waals surface area contributed by atoms with Crippen molar-refractivity contribution in [2.45, 2.75) is 30.8 Å². The third kappa shape index (κ3) is 5.93. The summed E-state index contributed by atoms with van der Waals surface area (Å²) in [5.74, 6) is -0.00740. The van der Waals surface area contributed by atoms with Gasteiger partial charge in [-0.3, -0.25) is 9.52 Å². The predicted octanol–water partition coefficient (Wildman–Crippen LogP) is 4.45. The Labute approximate surface area is 199 Å². The molecule has 0 bridgehead atoms. The predicted molar refractivity (Wildman–Crippen MR) is 131 cm³/mol. The van der Waals surface area contributed by atoms with E-state index < -0.39 is 10.0 Å². The Morgan fingerprint density at radius 2 is 1.79 bits per heavy atom. The molecule has 1 heterocycles. The van der Waals surface area contributed by atoms with Gasteiger partial charge in [-0.05, 0) is 61.4 Å². The number of nitrogens with one attached hydrogen (secondary N) is 2. The van der Waals surface area contributed by atoms with E-state index in [0.29, 0.717) is 35.9 Å². The number of halogens is 1. The maximum Gasteiger partial charge on any atom is 0.261 e. The van der Waals surface area contributed by atoms with E-state index in [9.17, 15) is 13.2 Å². The molecule has 8 heteroatoms. The minimum absolute atomic E-state index is 0.00740. The van der Waals surface area contributed by atoms with Crippen molar-refractivity contribution in [3.05, 3.63) is 94.5 Å². The van der Waals surface area contributed by atoms with Crippen molar-refractivity contribution in [2.24, 2.45) is 0 Å². The van der Waals surface area contributed by atoms with Gasteiger partial charge in [-0.1, -0.05) is 47.5 Å². The number of benzene rings is 3. The smallest absolute Gasteiger partial charge is 0.261 e. The van der Waals surface area contributed by atoms with Crippen LogP contribution in [0.2, 0.25) is 5.02 Å². The van der Waals surface area contributed by atoms with Crippen LogP contribution in [0.25, 0.3) is 0 Å². The van der Waals surface area contributed by atoms with Gasteiger partial charge in [0.05, 0.1) is 4.90 Å². The molecule has 0 unspecified atom stereocenters. The molecular weight excluding hydrogens is 458 g/mol. The van der Waals surface area contributed by atoms with E-state index in [1.807, 2.05) is 24.0 Å². The molecule has 1 amide bonds. The van der Waals surface area contributed by atoms with E-state index in [1.165, 1.54) is 0 Å². The van der Waals surface area contributed by atoms with E-state index >= 15 is 0 Å². The Morgan fingerprint density at radius 1 is 1.06 bits per heavy atom. The van der Waals surface area contributed by atoms with Crippen LogP contribution in [0.15, 0.2) is 77.7 Å². The second-order valence-corrected chi connectivity index (χ2v) is 10.4. The summed E-state index contributed by atoms with van der Waals surface area (Å²) >= 11 is 6.00. The van der Waals surface area contributed by atoms with Crippen LogP contribution >= 0.6 is 11.6 Å². The molecule has 0 aromatic heterocycles. The molecule has 0 saturated carbocycles. The van der Waals surface area contributed by atoms with Gasteiger partial charge >= 0.3 is 0 Å². The normalized spacial score (nSPS) is 16.1. The molecule has 0 spiro atoms. The number of carbonyl (C=O) groups excluding carboxylic acids is 1. The van der Waals surface area contributed by atoms with E-state index in [2.05, 4.69) is 10.0 Å². The average molecular weight is 484 g/mol. The number of amides is 1. The van der Waals surface area contributed by atoms with Gasteiger partial charge in [0, 0.05) is 41.9 Å². The molecule has 33 heavy (non-hydrogen) atoms. The third-order valence-electron chi connectivity index (χ3n) is 5.68. The highest BCUT2D eigenvalue weighted by Crippen LogP contribution is 2.19. The standard InChI is InChI=1S/C25H26ClN3O3S/c1-18-5-11-24(12-6-18)33(31,32)28-22-9-7-19(8-10-22)16-27-23-13-14-29(17-23)25(30)20-3-2-4-21(26)15-20/h2-12,15,23,27-28H,13-14,16-17H2,1H3/t23-/m0/s1. The number of nitrogens with zero attached hydrogens (tertiary/aromatic N) is 1. The van der Waals surface area contributed by atoms with Gasteiger partial charge in [-0.25, -0.2) is 8.42 Å². The Bertz CT molecular complexity index is 1230. The Morgan fingerprint density at radius 3 is 2.48 bits per heavy atom. The fourth-order valence-electron chi connectivity index (χ4n) is 3.80. The highest BCUT2D eigenvalue weighted by molar-refractivity contribution is 7.92. The van der Waals surface area contributed by atoms with Crippen LogP contribution in [0.3, 0.4) is 0 Å². The van der Waals surface area contributed by atoms with Crippen molar-refractivity contribution in [1.29, 1.82) is 0 Å². The topological polar surface area (TPSA) is 78.5 Å². The largest absolute Gasteiger partial charge is 0.337 e.